The van der Waals surface area contributed by atoms with E-state index in [0.717, 1.165) is 64.7 Å². The largest absolute Gasteiger partial charge is 0.374 e. The van der Waals surface area contributed by atoms with Crippen molar-refractivity contribution >= 4 is 5.96 Å². The fourth-order valence-corrected chi connectivity index (χ4v) is 3.35. The lowest BCUT2D eigenvalue weighted by Crippen LogP contribution is -2.50. The molecule has 0 spiro atoms. The summed E-state index contributed by atoms with van der Waals surface area (Å²) in [4.78, 5) is 7.22. The second kappa shape index (κ2) is 9.59. The first kappa shape index (κ1) is 19.5. The topological polar surface area (TPSA) is 58.1 Å². The number of aliphatic imine (C=N–C) groups is 1. The molecule has 0 aliphatic carbocycles. The number of ether oxygens (including phenoxy) is 2. The van der Waals surface area contributed by atoms with E-state index in [2.05, 4.69) is 43.2 Å². The Morgan fingerprint density at radius 2 is 2.17 bits per heavy atom. The van der Waals surface area contributed by atoms with Gasteiger partial charge in [0.25, 0.3) is 0 Å². The van der Waals surface area contributed by atoms with Crippen LogP contribution in [-0.4, -0.2) is 75.0 Å². The summed E-state index contributed by atoms with van der Waals surface area (Å²) in [5, 5.41) is 6.76. The van der Waals surface area contributed by atoms with Gasteiger partial charge < -0.3 is 20.1 Å². The van der Waals surface area contributed by atoms with Gasteiger partial charge in [0.05, 0.1) is 24.9 Å². The molecule has 2 heterocycles. The standard InChI is InChI=1S/C18H36N4O2/c1-5-19-17(21-14-18(4)7-6-9-24-18)20-11-16-13-22(8-10-23-16)12-15(2)3/h15-16H,5-14H2,1-4H3,(H2,19,20,21). The zero-order chi connectivity index (χ0) is 17.4. The molecule has 2 fully saturated rings. The molecule has 0 aromatic rings. The maximum atomic E-state index is 5.90. The molecule has 2 unspecified atom stereocenters. The highest BCUT2D eigenvalue weighted by Gasteiger charge is 2.29. The van der Waals surface area contributed by atoms with Crippen LogP contribution in [0.15, 0.2) is 4.99 Å². The molecule has 0 radical (unpaired) electrons. The van der Waals surface area contributed by atoms with Gasteiger partial charge in [0, 0.05) is 39.3 Å². The zero-order valence-electron chi connectivity index (χ0n) is 15.9. The molecule has 6 heteroatoms. The van der Waals surface area contributed by atoms with Crippen molar-refractivity contribution in [1.29, 1.82) is 0 Å². The monoisotopic (exact) mass is 340 g/mol. The van der Waals surface area contributed by atoms with E-state index in [-0.39, 0.29) is 11.7 Å². The number of hydrogen-bond donors (Lipinski definition) is 2. The molecular weight excluding hydrogens is 304 g/mol. The minimum Gasteiger partial charge on any atom is -0.374 e. The normalized spacial score (nSPS) is 29.2. The number of guanidine groups is 1. The van der Waals surface area contributed by atoms with E-state index >= 15 is 0 Å². The summed E-state index contributed by atoms with van der Waals surface area (Å²) < 4.78 is 11.7. The Morgan fingerprint density at radius 1 is 1.33 bits per heavy atom. The smallest absolute Gasteiger partial charge is 0.191 e. The third kappa shape index (κ3) is 6.57. The van der Waals surface area contributed by atoms with Crippen molar-refractivity contribution in [3.63, 3.8) is 0 Å². The Kier molecular flexibility index (Phi) is 7.78. The van der Waals surface area contributed by atoms with Gasteiger partial charge in [-0.2, -0.15) is 0 Å². The van der Waals surface area contributed by atoms with Gasteiger partial charge >= 0.3 is 0 Å². The van der Waals surface area contributed by atoms with Crippen molar-refractivity contribution < 1.29 is 9.47 Å². The number of morpholine rings is 1. The lowest BCUT2D eigenvalue weighted by molar-refractivity contribution is -0.0284. The Balaban J connectivity index is 1.79. The summed E-state index contributed by atoms with van der Waals surface area (Å²) in [6.45, 7) is 16.0. The first-order chi connectivity index (χ1) is 11.5. The predicted molar refractivity (Wildman–Crippen MR) is 98.6 cm³/mol. The molecule has 0 bridgehead atoms. The van der Waals surface area contributed by atoms with Crippen LogP contribution in [0.4, 0.5) is 0 Å². The molecule has 140 valence electrons. The number of nitrogens with zero attached hydrogens (tertiary/aromatic N) is 2. The first-order valence-corrected chi connectivity index (χ1v) is 9.51. The summed E-state index contributed by atoms with van der Waals surface area (Å²) >= 11 is 0. The molecule has 0 aromatic heterocycles. The van der Waals surface area contributed by atoms with Gasteiger partial charge in [-0.05, 0) is 32.6 Å². The van der Waals surface area contributed by atoms with Crippen LogP contribution in [-0.2, 0) is 9.47 Å². The minimum atomic E-state index is -0.0995. The molecule has 24 heavy (non-hydrogen) atoms. The lowest BCUT2D eigenvalue weighted by Gasteiger charge is -2.34. The van der Waals surface area contributed by atoms with Crippen molar-refractivity contribution in [2.24, 2.45) is 10.9 Å². The molecule has 0 amide bonds. The van der Waals surface area contributed by atoms with Crippen LogP contribution >= 0.6 is 0 Å². The summed E-state index contributed by atoms with van der Waals surface area (Å²) in [6.07, 6.45) is 2.45. The van der Waals surface area contributed by atoms with E-state index in [1.54, 1.807) is 0 Å². The second-order valence-corrected chi connectivity index (χ2v) is 7.62. The van der Waals surface area contributed by atoms with Gasteiger partial charge in [-0.25, -0.2) is 0 Å². The minimum absolute atomic E-state index is 0.0995. The van der Waals surface area contributed by atoms with Crippen LogP contribution in [0.1, 0.15) is 40.5 Å². The van der Waals surface area contributed by atoms with Crippen molar-refractivity contribution in [3.05, 3.63) is 0 Å². The van der Waals surface area contributed by atoms with Crippen LogP contribution in [0.5, 0.6) is 0 Å². The molecule has 2 aliphatic heterocycles. The Bertz CT molecular complexity index is 394. The fraction of sp³-hybridized carbons (Fsp3) is 0.944. The van der Waals surface area contributed by atoms with Crippen LogP contribution in [0.25, 0.3) is 0 Å². The van der Waals surface area contributed by atoms with E-state index in [1.165, 1.54) is 0 Å². The third-order valence-electron chi connectivity index (χ3n) is 4.56. The SMILES string of the molecule is CCNC(=NCC1(C)CCCO1)NCC1CN(CC(C)C)CCO1. The highest BCUT2D eigenvalue weighted by molar-refractivity contribution is 5.79. The second-order valence-electron chi connectivity index (χ2n) is 7.62. The van der Waals surface area contributed by atoms with Gasteiger partial charge in [-0.1, -0.05) is 13.8 Å². The average molecular weight is 341 g/mol. The molecule has 0 saturated carbocycles. The molecular formula is C18H36N4O2. The third-order valence-corrected chi connectivity index (χ3v) is 4.56. The van der Waals surface area contributed by atoms with Crippen LogP contribution in [0.3, 0.4) is 0 Å². The molecule has 0 aromatic carbocycles. The molecule has 2 saturated heterocycles. The van der Waals surface area contributed by atoms with Crippen molar-refractivity contribution in [2.45, 2.75) is 52.2 Å². The summed E-state index contributed by atoms with van der Waals surface area (Å²) in [7, 11) is 0. The Labute approximate surface area is 147 Å². The fourth-order valence-electron chi connectivity index (χ4n) is 3.35. The summed E-state index contributed by atoms with van der Waals surface area (Å²) in [5.74, 6) is 1.56. The maximum absolute atomic E-state index is 5.90. The van der Waals surface area contributed by atoms with Gasteiger partial charge in [0.15, 0.2) is 5.96 Å². The molecule has 2 aliphatic rings. The van der Waals surface area contributed by atoms with Gasteiger partial charge in [0.1, 0.15) is 0 Å². The Morgan fingerprint density at radius 3 is 2.83 bits per heavy atom. The van der Waals surface area contributed by atoms with E-state index in [0.29, 0.717) is 12.5 Å². The van der Waals surface area contributed by atoms with Crippen LogP contribution in [0, 0.1) is 5.92 Å². The number of hydrogen-bond acceptors (Lipinski definition) is 4. The molecule has 6 nitrogen and oxygen atoms in total. The van der Waals surface area contributed by atoms with E-state index in [1.807, 2.05) is 0 Å². The van der Waals surface area contributed by atoms with Crippen LogP contribution < -0.4 is 10.6 Å². The Hall–Kier alpha value is -0.850. The molecule has 2 atom stereocenters. The summed E-state index contributed by atoms with van der Waals surface area (Å²) in [6, 6.07) is 0. The lowest BCUT2D eigenvalue weighted by atomic mass is 10.0. The van der Waals surface area contributed by atoms with Gasteiger partial charge in [0.2, 0.25) is 0 Å². The van der Waals surface area contributed by atoms with Gasteiger partial charge in [-0.15, -0.1) is 0 Å². The van der Waals surface area contributed by atoms with Crippen molar-refractivity contribution in [3.8, 4) is 0 Å². The molecule has 2 rings (SSSR count). The predicted octanol–water partition coefficient (Wildman–Crippen LogP) is 1.47. The van der Waals surface area contributed by atoms with E-state index in [4.69, 9.17) is 14.5 Å². The highest BCUT2D eigenvalue weighted by Crippen LogP contribution is 2.24. The number of nitrogens with one attached hydrogen (secondary N) is 2. The maximum Gasteiger partial charge on any atom is 0.191 e. The van der Waals surface area contributed by atoms with Gasteiger partial charge in [-0.3, -0.25) is 9.89 Å². The van der Waals surface area contributed by atoms with Crippen LogP contribution in [0.2, 0.25) is 0 Å². The zero-order valence-corrected chi connectivity index (χ0v) is 15.9. The van der Waals surface area contributed by atoms with Crippen molar-refractivity contribution in [2.75, 3.05) is 52.5 Å². The number of rotatable bonds is 7. The quantitative estimate of drug-likeness (QED) is 0.543. The van der Waals surface area contributed by atoms with E-state index < -0.39 is 0 Å². The highest BCUT2D eigenvalue weighted by atomic mass is 16.5. The average Bonchev–Trinajstić information content (AvgIpc) is 2.97. The van der Waals surface area contributed by atoms with Crippen molar-refractivity contribution in [1.82, 2.24) is 15.5 Å². The molecule has 2 N–H and O–H groups in total. The first-order valence-electron chi connectivity index (χ1n) is 9.51. The van der Waals surface area contributed by atoms with E-state index in [9.17, 15) is 0 Å². The summed E-state index contributed by atoms with van der Waals surface area (Å²) in [5.41, 5.74) is -0.0995.